The zero-order valence-electron chi connectivity index (χ0n) is 13.6. The van der Waals surface area contributed by atoms with E-state index in [1.807, 2.05) is 18.2 Å². The summed E-state index contributed by atoms with van der Waals surface area (Å²) in [4.78, 5) is 12.0. The molecule has 0 aliphatic heterocycles. The van der Waals surface area contributed by atoms with Crippen molar-refractivity contribution in [3.05, 3.63) is 29.3 Å². The molecule has 1 aliphatic rings. The fourth-order valence-corrected chi connectivity index (χ4v) is 3.21. The zero-order valence-corrected chi connectivity index (χ0v) is 14.4. The van der Waals surface area contributed by atoms with E-state index in [1.54, 1.807) is 0 Å². The quantitative estimate of drug-likeness (QED) is 0.804. The fourth-order valence-electron chi connectivity index (χ4n) is 2.98. The highest BCUT2D eigenvalue weighted by Gasteiger charge is 2.15. The van der Waals surface area contributed by atoms with Gasteiger partial charge in [0.15, 0.2) is 5.11 Å². The molecule has 1 saturated carbocycles. The molecule has 2 rings (SSSR count). The second kappa shape index (κ2) is 8.28. The molecule has 120 valence electrons. The average molecular weight is 318 g/mol. The Bertz CT molecular complexity index is 536. The van der Waals surface area contributed by atoms with E-state index in [9.17, 15) is 4.79 Å². The van der Waals surface area contributed by atoms with Gasteiger partial charge in [0, 0.05) is 12.1 Å². The lowest BCUT2D eigenvalue weighted by Gasteiger charge is -2.21. The second-order valence-electron chi connectivity index (χ2n) is 6.34. The predicted molar refractivity (Wildman–Crippen MR) is 96.1 cm³/mol. The third-order valence-electron chi connectivity index (χ3n) is 4.52. The molecule has 0 radical (unpaired) electrons. The summed E-state index contributed by atoms with van der Waals surface area (Å²) < 4.78 is 0. The monoisotopic (exact) mass is 318 g/mol. The van der Waals surface area contributed by atoms with Gasteiger partial charge < -0.3 is 10.6 Å². The van der Waals surface area contributed by atoms with E-state index < -0.39 is 0 Å². The molecule has 0 atom stereocenters. The minimum absolute atomic E-state index is 0.0203. The standard InChI is InChI=1S/C18H26N2OS/c1-13-8-10-16(12-14(13)2)19-18(22)20-17(21)11-9-15-6-4-3-5-7-15/h8,10,12,15H,3-7,9,11H2,1-2H3,(H2,19,20,21,22). The van der Waals surface area contributed by atoms with Crippen molar-refractivity contribution in [3.8, 4) is 0 Å². The van der Waals surface area contributed by atoms with Crippen molar-refractivity contribution < 1.29 is 4.79 Å². The summed E-state index contributed by atoms with van der Waals surface area (Å²) in [7, 11) is 0. The second-order valence-corrected chi connectivity index (χ2v) is 6.75. The Morgan fingerprint density at radius 1 is 1.18 bits per heavy atom. The summed E-state index contributed by atoms with van der Waals surface area (Å²) in [6.45, 7) is 4.14. The van der Waals surface area contributed by atoms with Crippen LogP contribution in [-0.4, -0.2) is 11.0 Å². The Hall–Kier alpha value is -1.42. The van der Waals surface area contributed by atoms with Crippen LogP contribution in [-0.2, 0) is 4.79 Å². The van der Waals surface area contributed by atoms with E-state index in [1.165, 1.54) is 43.2 Å². The van der Waals surface area contributed by atoms with Crippen LogP contribution in [0, 0.1) is 19.8 Å². The maximum atomic E-state index is 12.0. The average Bonchev–Trinajstić information content (AvgIpc) is 2.50. The van der Waals surface area contributed by atoms with Gasteiger partial charge in [0.1, 0.15) is 0 Å². The summed E-state index contributed by atoms with van der Waals surface area (Å²) in [6, 6.07) is 6.06. The van der Waals surface area contributed by atoms with E-state index in [4.69, 9.17) is 12.2 Å². The largest absolute Gasteiger partial charge is 0.332 e. The molecule has 0 unspecified atom stereocenters. The molecule has 4 heteroatoms. The molecule has 0 aromatic heterocycles. The van der Waals surface area contributed by atoms with Crippen molar-refractivity contribution >= 4 is 28.9 Å². The van der Waals surface area contributed by atoms with Gasteiger partial charge in [-0.25, -0.2) is 0 Å². The van der Waals surface area contributed by atoms with Crippen molar-refractivity contribution in [2.45, 2.75) is 58.8 Å². The molecule has 3 nitrogen and oxygen atoms in total. The minimum Gasteiger partial charge on any atom is -0.332 e. The number of aryl methyl sites for hydroxylation is 2. The first-order valence-electron chi connectivity index (χ1n) is 8.22. The van der Waals surface area contributed by atoms with Gasteiger partial charge in [0.2, 0.25) is 5.91 Å². The Morgan fingerprint density at radius 2 is 1.91 bits per heavy atom. The number of hydrogen-bond acceptors (Lipinski definition) is 2. The van der Waals surface area contributed by atoms with Crippen molar-refractivity contribution in [2.75, 3.05) is 5.32 Å². The molecule has 1 amide bonds. The number of thiocarbonyl (C=S) groups is 1. The minimum atomic E-state index is 0.0203. The molecule has 22 heavy (non-hydrogen) atoms. The van der Waals surface area contributed by atoms with Gasteiger partial charge in [-0.15, -0.1) is 0 Å². The van der Waals surface area contributed by atoms with Gasteiger partial charge in [-0.05, 0) is 61.7 Å². The number of nitrogens with one attached hydrogen (secondary N) is 2. The highest BCUT2D eigenvalue weighted by atomic mass is 32.1. The van der Waals surface area contributed by atoms with E-state index in [0.717, 1.165) is 18.0 Å². The number of hydrogen-bond donors (Lipinski definition) is 2. The SMILES string of the molecule is Cc1ccc(NC(=S)NC(=O)CCC2CCCCC2)cc1C. The van der Waals surface area contributed by atoms with Crippen LogP contribution in [0.1, 0.15) is 56.1 Å². The van der Waals surface area contributed by atoms with Crippen molar-refractivity contribution in [1.29, 1.82) is 0 Å². The van der Waals surface area contributed by atoms with Crippen molar-refractivity contribution in [1.82, 2.24) is 5.32 Å². The molecule has 1 aromatic rings. The molecule has 1 aromatic carbocycles. The molecule has 0 saturated heterocycles. The molecule has 0 heterocycles. The van der Waals surface area contributed by atoms with Crippen LogP contribution in [0.5, 0.6) is 0 Å². The molecular formula is C18H26N2OS. The summed E-state index contributed by atoms with van der Waals surface area (Å²) in [5, 5.41) is 6.25. The maximum Gasteiger partial charge on any atom is 0.226 e. The van der Waals surface area contributed by atoms with Crippen LogP contribution in [0.25, 0.3) is 0 Å². The van der Waals surface area contributed by atoms with Crippen molar-refractivity contribution in [3.63, 3.8) is 0 Å². The summed E-state index contributed by atoms with van der Waals surface area (Å²) in [5.74, 6) is 0.743. The van der Waals surface area contributed by atoms with Gasteiger partial charge >= 0.3 is 0 Å². The third kappa shape index (κ3) is 5.41. The smallest absolute Gasteiger partial charge is 0.226 e. The van der Waals surface area contributed by atoms with E-state index in [-0.39, 0.29) is 5.91 Å². The maximum absolute atomic E-state index is 12.0. The summed E-state index contributed by atoms with van der Waals surface area (Å²) in [6.07, 6.45) is 8.10. The van der Waals surface area contributed by atoms with Crippen LogP contribution in [0.2, 0.25) is 0 Å². The fraction of sp³-hybridized carbons (Fsp3) is 0.556. The Labute approximate surface area is 138 Å². The molecule has 1 aliphatic carbocycles. The van der Waals surface area contributed by atoms with Crippen LogP contribution in [0.3, 0.4) is 0 Å². The first-order valence-corrected chi connectivity index (χ1v) is 8.63. The van der Waals surface area contributed by atoms with Crippen LogP contribution < -0.4 is 10.6 Å². The summed E-state index contributed by atoms with van der Waals surface area (Å²) >= 11 is 5.22. The van der Waals surface area contributed by atoms with E-state index >= 15 is 0 Å². The highest BCUT2D eigenvalue weighted by molar-refractivity contribution is 7.80. The number of amides is 1. The first kappa shape index (κ1) is 16.9. The molecule has 2 N–H and O–H groups in total. The zero-order chi connectivity index (χ0) is 15.9. The van der Waals surface area contributed by atoms with Gasteiger partial charge in [-0.3, -0.25) is 4.79 Å². The van der Waals surface area contributed by atoms with Gasteiger partial charge in [-0.2, -0.15) is 0 Å². The van der Waals surface area contributed by atoms with Crippen LogP contribution >= 0.6 is 12.2 Å². The Balaban J connectivity index is 1.73. The van der Waals surface area contributed by atoms with E-state index in [0.29, 0.717) is 11.5 Å². The van der Waals surface area contributed by atoms with Crippen molar-refractivity contribution in [2.24, 2.45) is 5.92 Å². The third-order valence-corrected chi connectivity index (χ3v) is 4.73. The number of carbonyl (C=O) groups is 1. The Morgan fingerprint density at radius 3 is 2.59 bits per heavy atom. The highest BCUT2D eigenvalue weighted by Crippen LogP contribution is 2.27. The molecule has 1 fully saturated rings. The van der Waals surface area contributed by atoms with Crippen LogP contribution in [0.4, 0.5) is 5.69 Å². The predicted octanol–water partition coefficient (Wildman–Crippen LogP) is 4.48. The number of benzene rings is 1. The molecular weight excluding hydrogens is 292 g/mol. The van der Waals surface area contributed by atoms with E-state index in [2.05, 4.69) is 24.5 Å². The lowest BCUT2D eigenvalue weighted by Crippen LogP contribution is -2.34. The Kier molecular flexibility index (Phi) is 6.37. The lowest BCUT2D eigenvalue weighted by atomic mass is 9.86. The topological polar surface area (TPSA) is 41.1 Å². The number of rotatable bonds is 4. The number of anilines is 1. The van der Waals surface area contributed by atoms with Gasteiger partial charge in [0.25, 0.3) is 0 Å². The first-order chi connectivity index (χ1) is 10.5. The normalized spacial score (nSPS) is 15.4. The lowest BCUT2D eigenvalue weighted by molar-refractivity contribution is -0.120. The summed E-state index contributed by atoms with van der Waals surface area (Å²) in [5.41, 5.74) is 3.37. The van der Waals surface area contributed by atoms with Gasteiger partial charge in [0.05, 0.1) is 0 Å². The number of carbonyl (C=O) groups excluding carboxylic acids is 1. The van der Waals surface area contributed by atoms with Crippen LogP contribution in [0.15, 0.2) is 18.2 Å². The molecule has 0 bridgehead atoms. The molecule has 0 spiro atoms. The van der Waals surface area contributed by atoms with Gasteiger partial charge in [-0.1, -0.05) is 38.2 Å².